The van der Waals surface area contributed by atoms with Gasteiger partial charge in [-0.3, -0.25) is 19.0 Å². The van der Waals surface area contributed by atoms with E-state index < -0.39 is 53.0 Å². The largest absolute Gasteiger partial charge is 0.348 e. The molecule has 1 aromatic heterocycles. The number of carbonyl (C=O) groups excluding carboxylic acids is 1. The maximum Gasteiger partial charge on any atom is 0.334 e. The van der Waals surface area contributed by atoms with E-state index in [4.69, 9.17) is 14.3 Å². The van der Waals surface area contributed by atoms with Gasteiger partial charge in [0.2, 0.25) is 0 Å². The summed E-state index contributed by atoms with van der Waals surface area (Å²) in [6.07, 6.45) is -0.466. The number of halogens is 3. The molecule has 3 rings (SSSR count). The molecule has 2 heterocycles. The van der Waals surface area contributed by atoms with Crippen LogP contribution in [0.5, 0.6) is 0 Å². The van der Waals surface area contributed by atoms with Crippen molar-refractivity contribution in [1.82, 2.24) is 14.6 Å². The summed E-state index contributed by atoms with van der Waals surface area (Å²) in [7, 11) is 1.09. The van der Waals surface area contributed by atoms with Crippen molar-refractivity contribution in [3.05, 3.63) is 54.0 Å². The number of benzene rings is 1. The Bertz CT molecular complexity index is 1150. The molecule has 32 heavy (non-hydrogen) atoms. The van der Waals surface area contributed by atoms with Crippen LogP contribution in [0.4, 0.5) is 20.3 Å². The van der Waals surface area contributed by atoms with Gasteiger partial charge in [0.1, 0.15) is 29.9 Å². The van der Waals surface area contributed by atoms with Gasteiger partial charge >= 0.3 is 5.69 Å². The van der Waals surface area contributed by atoms with Crippen LogP contribution in [0.2, 0.25) is 0 Å². The van der Waals surface area contributed by atoms with Crippen LogP contribution in [0, 0.1) is 9.39 Å². The second-order valence-electron chi connectivity index (χ2n) is 7.36. The Hall–Kier alpha value is -2.36. The van der Waals surface area contributed by atoms with Crippen LogP contribution in [-0.2, 0) is 28.2 Å². The van der Waals surface area contributed by atoms with Crippen LogP contribution in [0.1, 0.15) is 24.2 Å². The second kappa shape index (κ2) is 9.64. The topological polar surface area (TPSA) is 113 Å². The lowest BCUT2D eigenvalue weighted by atomic mass is 10.2. The first-order valence-electron chi connectivity index (χ1n) is 9.40. The lowest BCUT2D eigenvalue weighted by molar-refractivity contribution is -0.147. The number of hydrogen-bond acceptors (Lipinski definition) is 7. The van der Waals surface area contributed by atoms with Gasteiger partial charge in [-0.15, -0.1) is 0 Å². The van der Waals surface area contributed by atoms with Crippen LogP contribution in [-0.4, -0.2) is 40.1 Å². The summed E-state index contributed by atoms with van der Waals surface area (Å²) >= 11 is 1.90. The molecular weight excluding hydrogens is 545 g/mol. The van der Waals surface area contributed by atoms with Gasteiger partial charge in [0.05, 0.1) is 12.3 Å². The standard InChI is InChI=1S/C19H21F2IN4O6/c1-19(2)30-7-11(32-19)8-31-24-16(27)14-15(23-13-5-4-10(22)6-12(13)21)26(9-20)18(29)25(3)17(14)28/h4-6,11,23H,7-9H2,1-3H3,(H,24,27). The van der Waals surface area contributed by atoms with Gasteiger partial charge in [-0.1, -0.05) is 0 Å². The Morgan fingerprint density at radius 3 is 2.69 bits per heavy atom. The second-order valence-corrected chi connectivity index (χ2v) is 8.61. The first-order chi connectivity index (χ1) is 15.0. The van der Waals surface area contributed by atoms with Gasteiger partial charge in [-0.05, 0) is 54.6 Å². The van der Waals surface area contributed by atoms with Crippen molar-refractivity contribution in [2.45, 2.75) is 32.5 Å². The summed E-state index contributed by atoms with van der Waals surface area (Å²) in [4.78, 5) is 42.9. The summed E-state index contributed by atoms with van der Waals surface area (Å²) in [5.74, 6) is -3.08. The van der Waals surface area contributed by atoms with Crippen molar-refractivity contribution in [2.75, 3.05) is 18.5 Å². The fraction of sp³-hybridized carbons (Fsp3) is 0.421. The van der Waals surface area contributed by atoms with Crippen LogP contribution in [0.3, 0.4) is 0 Å². The van der Waals surface area contributed by atoms with Gasteiger partial charge in [0.25, 0.3) is 11.5 Å². The number of amides is 1. The molecule has 0 radical (unpaired) electrons. The number of hydroxylamine groups is 1. The maximum absolute atomic E-state index is 14.3. The third-order valence-electron chi connectivity index (χ3n) is 4.58. The fourth-order valence-electron chi connectivity index (χ4n) is 3.03. The fourth-order valence-corrected chi connectivity index (χ4v) is 3.48. The minimum atomic E-state index is -1.37. The molecule has 1 aromatic carbocycles. The monoisotopic (exact) mass is 566 g/mol. The molecule has 1 saturated heterocycles. The van der Waals surface area contributed by atoms with E-state index in [9.17, 15) is 23.2 Å². The first kappa shape index (κ1) is 24.3. The smallest absolute Gasteiger partial charge is 0.334 e. The zero-order chi connectivity index (χ0) is 23.6. The summed E-state index contributed by atoms with van der Waals surface area (Å²) in [5, 5.41) is 2.49. The number of hydrogen-bond donors (Lipinski definition) is 2. The molecule has 174 valence electrons. The zero-order valence-corrected chi connectivity index (χ0v) is 19.6. The molecule has 10 nitrogen and oxygen atoms in total. The number of alkyl halides is 1. The van der Waals surface area contributed by atoms with E-state index in [0.29, 0.717) is 12.7 Å². The molecule has 0 aliphatic carbocycles. The minimum absolute atomic E-state index is 0.0905. The highest BCUT2D eigenvalue weighted by Crippen LogP contribution is 2.24. The summed E-state index contributed by atoms with van der Waals surface area (Å²) in [5.41, 5.74) is -0.753. The van der Waals surface area contributed by atoms with Crippen LogP contribution in [0.25, 0.3) is 0 Å². The number of anilines is 2. The van der Waals surface area contributed by atoms with Gasteiger partial charge < -0.3 is 14.8 Å². The van der Waals surface area contributed by atoms with Crippen molar-refractivity contribution < 1.29 is 27.9 Å². The van der Waals surface area contributed by atoms with Crippen LogP contribution < -0.4 is 22.0 Å². The molecule has 2 N–H and O–H groups in total. The lowest BCUT2D eigenvalue weighted by Gasteiger charge is -2.18. The van der Waals surface area contributed by atoms with Crippen molar-refractivity contribution in [2.24, 2.45) is 7.05 Å². The summed E-state index contributed by atoms with van der Waals surface area (Å²) in [6, 6.07) is 4.08. The molecular formula is C19H21F2IN4O6. The molecule has 13 heteroatoms. The Kier molecular flexibility index (Phi) is 7.32. The molecule has 0 saturated carbocycles. The average Bonchev–Trinajstić information content (AvgIpc) is 3.07. The van der Waals surface area contributed by atoms with E-state index in [1.165, 1.54) is 12.1 Å². The van der Waals surface area contributed by atoms with Crippen molar-refractivity contribution >= 4 is 40.0 Å². The van der Waals surface area contributed by atoms with Crippen LogP contribution in [0.15, 0.2) is 27.8 Å². The van der Waals surface area contributed by atoms with E-state index in [2.05, 4.69) is 10.8 Å². The normalized spacial score (nSPS) is 17.4. The molecule has 1 aliphatic heterocycles. The molecule has 2 aromatic rings. The third-order valence-corrected chi connectivity index (χ3v) is 5.25. The molecule has 1 atom stereocenters. The number of ether oxygens (including phenoxy) is 2. The summed E-state index contributed by atoms with van der Waals surface area (Å²) < 4.78 is 40.6. The Balaban J connectivity index is 1.91. The highest BCUT2D eigenvalue weighted by atomic mass is 127. The van der Waals surface area contributed by atoms with Gasteiger partial charge in [-0.25, -0.2) is 23.6 Å². The molecule has 0 spiro atoms. The highest BCUT2D eigenvalue weighted by Gasteiger charge is 2.33. The zero-order valence-electron chi connectivity index (χ0n) is 17.4. The Morgan fingerprint density at radius 1 is 1.38 bits per heavy atom. The molecule has 1 fully saturated rings. The number of rotatable bonds is 7. The highest BCUT2D eigenvalue weighted by molar-refractivity contribution is 14.1. The number of carbonyl (C=O) groups is 1. The molecule has 1 aliphatic rings. The SMILES string of the molecule is Cn1c(=O)c(C(=O)NOCC2COC(C)(C)O2)c(Nc2ccc(I)cc2F)n(CF)c1=O. The van der Waals surface area contributed by atoms with E-state index in [1.54, 1.807) is 19.9 Å². The first-order valence-corrected chi connectivity index (χ1v) is 10.5. The Morgan fingerprint density at radius 2 is 2.09 bits per heavy atom. The molecule has 1 amide bonds. The van der Waals surface area contributed by atoms with Crippen LogP contribution >= 0.6 is 22.6 Å². The number of aromatic nitrogens is 2. The van der Waals surface area contributed by atoms with Crippen molar-refractivity contribution in [3.63, 3.8) is 0 Å². The number of nitrogens with zero attached hydrogens (tertiary/aromatic N) is 2. The van der Waals surface area contributed by atoms with Gasteiger partial charge in [-0.2, -0.15) is 0 Å². The van der Waals surface area contributed by atoms with Crippen molar-refractivity contribution in [3.8, 4) is 0 Å². The maximum atomic E-state index is 14.3. The molecule has 0 bridgehead atoms. The number of nitrogens with one attached hydrogen (secondary N) is 2. The lowest BCUT2D eigenvalue weighted by Crippen LogP contribution is -2.44. The molecule has 1 unspecified atom stereocenters. The van der Waals surface area contributed by atoms with E-state index in [-0.39, 0.29) is 18.9 Å². The average molecular weight is 566 g/mol. The predicted molar refractivity (Wildman–Crippen MR) is 118 cm³/mol. The quantitative estimate of drug-likeness (QED) is 0.388. The Labute approximate surface area is 194 Å². The van der Waals surface area contributed by atoms with E-state index in [1.807, 2.05) is 22.6 Å². The van der Waals surface area contributed by atoms with Gasteiger partial charge in [0, 0.05) is 10.6 Å². The van der Waals surface area contributed by atoms with E-state index >= 15 is 0 Å². The van der Waals surface area contributed by atoms with Crippen molar-refractivity contribution in [1.29, 1.82) is 0 Å². The summed E-state index contributed by atoms with van der Waals surface area (Å²) in [6.45, 7) is 2.21. The predicted octanol–water partition coefficient (Wildman–Crippen LogP) is 1.77. The van der Waals surface area contributed by atoms with E-state index in [0.717, 1.165) is 7.05 Å². The minimum Gasteiger partial charge on any atom is -0.348 e. The third kappa shape index (κ3) is 5.16. The van der Waals surface area contributed by atoms with Gasteiger partial charge in [0.15, 0.2) is 12.6 Å².